The SMILES string of the molecule is Cc1ccc(C)c(NS(=O)(=O)c2cc(C(=O)NCc3ccc(F)cc3)ccc2C)c1. The van der Waals surface area contributed by atoms with E-state index in [1.54, 1.807) is 37.3 Å². The maximum Gasteiger partial charge on any atom is 0.262 e. The number of rotatable bonds is 6. The lowest BCUT2D eigenvalue weighted by atomic mass is 10.1. The predicted octanol–water partition coefficient (Wildman–Crippen LogP) is 4.48. The second-order valence-corrected chi connectivity index (χ2v) is 8.86. The summed E-state index contributed by atoms with van der Waals surface area (Å²) in [7, 11) is -3.88. The van der Waals surface area contributed by atoms with E-state index in [1.165, 1.54) is 18.2 Å². The van der Waals surface area contributed by atoms with Gasteiger partial charge in [-0.15, -0.1) is 0 Å². The Kier molecular flexibility index (Phi) is 6.22. The average molecular weight is 427 g/mol. The van der Waals surface area contributed by atoms with Crippen molar-refractivity contribution < 1.29 is 17.6 Å². The quantitative estimate of drug-likeness (QED) is 0.610. The molecule has 0 unspecified atom stereocenters. The van der Waals surface area contributed by atoms with Gasteiger partial charge in [0.05, 0.1) is 10.6 Å². The van der Waals surface area contributed by atoms with Crippen molar-refractivity contribution in [3.05, 3.63) is 94.3 Å². The molecule has 0 aliphatic heterocycles. The highest BCUT2D eigenvalue weighted by Gasteiger charge is 2.20. The van der Waals surface area contributed by atoms with Crippen molar-refractivity contribution in [1.82, 2.24) is 5.32 Å². The molecule has 7 heteroatoms. The summed E-state index contributed by atoms with van der Waals surface area (Å²) in [5.74, 6) is -0.766. The topological polar surface area (TPSA) is 75.3 Å². The first-order chi connectivity index (χ1) is 14.2. The molecule has 0 aromatic heterocycles. The van der Waals surface area contributed by atoms with Gasteiger partial charge in [-0.2, -0.15) is 0 Å². The first-order valence-corrected chi connectivity index (χ1v) is 10.9. The number of hydrogen-bond acceptors (Lipinski definition) is 3. The number of aryl methyl sites for hydroxylation is 3. The molecule has 1 amide bonds. The number of nitrogens with one attached hydrogen (secondary N) is 2. The number of anilines is 1. The van der Waals surface area contributed by atoms with Crippen molar-refractivity contribution >= 4 is 21.6 Å². The van der Waals surface area contributed by atoms with Crippen molar-refractivity contribution in [1.29, 1.82) is 0 Å². The third-order valence-corrected chi connectivity index (χ3v) is 6.25. The minimum Gasteiger partial charge on any atom is -0.348 e. The van der Waals surface area contributed by atoms with E-state index in [2.05, 4.69) is 10.0 Å². The molecule has 0 atom stereocenters. The number of carbonyl (C=O) groups is 1. The maximum atomic E-state index is 13.0. The van der Waals surface area contributed by atoms with E-state index in [0.29, 0.717) is 11.3 Å². The van der Waals surface area contributed by atoms with Crippen LogP contribution < -0.4 is 10.0 Å². The Labute approximate surface area is 176 Å². The van der Waals surface area contributed by atoms with E-state index < -0.39 is 15.9 Å². The molecule has 30 heavy (non-hydrogen) atoms. The minimum atomic E-state index is -3.88. The average Bonchev–Trinajstić information content (AvgIpc) is 2.70. The molecule has 0 aliphatic carbocycles. The number of amides is 1. The van der Waals surface area contributed by atoms with Crippen LogP contribution in [0.15, 0.2) is 65.6 Å². The molecule has 156 valence electrons. The van der Waals surface area contributed by atoms with Gasteiger partial charge in [-0.25, -0.2) is 12.8 Å². The van der Waals surface area contributed by atoms with Gasteiger partial charge in [0.1, 0.15) is 5.82 Å². The minimum absolute atomic E-state index is 0.0397. The fraction of sp³-hybridized carbons (Fsp3) is 0.174. The van der Waals surface area contributed by atoms with Crippen LogP contribution >= 0.6 is 0 Å². The number of halogens is 1. The number of sulfonamides is 1. The summed E-state index contributed by atoms with van der Waals surface area (Å²) in [4.78, 5) is 12.6. The molecule has 0 bridgehead atoms. The van der Waals surface area contributed by atoms with E-state index in [-0.39, 0.29) is 22.8 Å². The fourth-order valence-electron chi connectivity index (χ4n) is 2.96. The lowest BCUT2D eigenvalue weighted by Crippen LogP contribution is -2.23. The Balaban J connectivity index is 1.82. The van der Waals surface area contributed by atoms with Crippen LogP contribution in [0.3, 0.4) is 0 Å². The second-order valence-electron chi connectivity index (χ2n) is 7.21. The first kappa shape index (κ1) is 21.5. The van der Waals surface area contributed by atoms with Crippen molar-refractivity contribution in [3.8, 4) is 0 Å². The molecule has 3 aromatic rings. The Morgan fingerprint density at radius 1 is 0.900 bits per heavy atom. The molecule has 0 saturated carbocycles. The highest BCUT2D eigenvalue weighted by atomic mass is 32.2. The molecule has 0 saturated heterocycles. The largest absolute Gasteiger partial charge is 0.348 e. The molecule has 3 rings (SSSR count). The van der Waals surface area contributed by atoms with E-state index >= 15 is 0 Å². The van der Waals surface area contributed by atoms with E-state index in [0.717, 1.165) is 16.7 Å². The van der Waals surface area contributed by atoms with Crippen molar-refractivity contribution in [2.75, 3.05) is 4.72 Å². The van der Waals surface area contributed by atoms with Crippen LogP contribution in [-0.2, 0) is 16.6 Å². The zero-order chi connectivity index (χ0) is 21.9. The summed E-state index contributed by atoms with van der Waals surface area (Å²) in [6.45, 7) is 5.59. The molecule has 2 N–H and O–H groups in total. The van der Waals surface area contributed by atoms with Crippen LogP contribution in [0.4, 0.5) is 10.1 Å². The molecular formula is C23H23FN2O3S. The van der Waals surface area contributed by atoms with Gasteiger partial charge in [0, 0.05) is 12.1 Å². The van der Waals surface area contributed by atoms with Gasteiger partial charge in [-0.1, -0.05) is 30.3 Å². The molecule has 0 fully saturated rings. The molecule has 0 aliphatic rings. The maximum absolute atomic E-state index is 13.0. The third-order valence-electron chi connectivity index (χ3n) is 4.74. The van der Waals surface area contributed by atoms with Crippen LogP contribution in [0.1, 0.15) is 32.6 Å². The third kappa shape index (κ3) is 5.04. The number of carbonyl (C=O) groups excluding carboxylic acids is 1. The van der Waals surface area contributed by atoms with Crippen molar-refractivity contribution in [2.45, 2.75) is 32.2 Å². The highest BCUT2D eigenvalue weighted by Crippen LogP contribution is 2.24. The van der Waals surface area contributed by atoms with Crippen LogP contribution in [0.2, 0.25) is 0 Å². The van der Waals surface area contributed by atoms with Gasteiger partial charge in [-0.05, 0) is 73.4 Å². The summed E-state index contributed by atoms with van der Waals surface area (Å²) in [6.07, 6.45) is 0. The summed E-state index contributed by atoms with van der Waals surface area (Å²) in [5, 5.41) is 2.72. The molecule has 3 aromatic carbocycles. The lowest BCUT2D eigenvalue weighted by Gasteiger charge is -2.14. The Hall–Kier alpha value is -3.19. The molecule has 0 radical (unpaired) electrons. The number of benzene rings is 3. The van der Waals surface area contributed by atoms with Crippen LogP contribution in [0.5, 0.6) is 0 Å². The summed E-state index contributed by atoms with van der Waals surface area (Å²) in [6, 6.07) is 15.8. The fourth-order valence-corrected chi connectivity index (χ4v) is 4.36. The second kappa shape index (κ2) is 8.67. The molecule has 5 nitrogen and oxygen atoms in total. The highest BCUT2D eigenvalue weighted by molar-refractivity contribution is 7.92. The first-order valence-electron chi connectivity index (χ1n) is 9.39. The van der Waals surface area contributed by atoms with Crippen LogP contribution in [-0.4, -0.2) is 14.3 Å². The van der Waals surface area contributed by atoms with Gasteiger partial charge in [0.25, 0.3) is 15.9 Å². The van der Waals surface area contributed by atoms with Gasteiger partial charge < -0.3 is 5.32 Å². The Morgan fingerprint density at radius 3 is 2.27 bits per heavy atom. The molecule has 0 spiro atoms. The lowest BCUT2D eigenvalue weighted by molar-refractivity contribution is 0.0950. The van der Waals surface area contributed by atoms with Gasteiger partial charge in [0.2, 0.25) is 0 Å². The smallest absolute Gasteiger partial charge is 0.262 e. The summed E-state index contributed by atoms with van der Waals surface area (Å²) < 4.78 is 41.6. The van der Waals surface area contributed by atoms with E-state index in [9.17, 15) is 17.6 Å². The van der Waals surface area contributed by atoms with E-state index in [4.69, 9.17) is 0 Å². The van der Waals surface area contributed by atoms with Gasteiger partial charge >= 0.3 is 0 Å². The zero-order valence-electron chi connectivity index (χ0n) is 17.0. The predicted molar refractivity (Wildman–Crippen MR) is 115 cm³/mol. The van der Waals surface area contributed by atoms with Gasteiger partial charge in [-0.3, -0.25) is 9.52 Å². The molecular weight excluding hydrogens is 403 g/mol. The Bertz CT molecular complexity index is 1190. The van der Waals surface area contributed by atoms with Crippen LogP contribution in [0, 0.1) is 26.6 Å². The number of hydrogen-bond donors (Lipinski definition) is 2. The summed E-state index contributed by atoms with van der Waals surface area (Å²) in [5.41, 5.74) is 3.73. The van der Waals surface area contributed by atoms with Crippen molar-refractivity contribution in [2.24, 2.45) is 0 Å². The summed E-state index contributed by atoms with van der Waals surface area (Å²) >= 11 is 0. The van der Waals surface area contributed by atoms with Crippen LogP contribution in [0.25, 0.3) is 0 Å². The normalized spacial score (nSPS) is 11.2. The standard InChI is InChI=1S/C23H23FN2O3S/c1-15-4-5-16(2)21(12-15)26-30(28,29)22-13-19(9-6-17(22)3)23(27)25-14-18-7-10-20(24)11-8-18/h4-13,26H,14H2,1-3H3,(H,25,27). The van der Waals surface area contributed by atoms with Crippen molar-refractivity contribution in [3.63, 3.8) is 0 Å². The van der Waals surface area contributed by atoms with Gasteiger partial charge in [0.15, 0.2) is 0 Å². The monoisotopic (exact) mass is 426 g/mol. The zero-order valence-corrected chi connectivity index (χ0v) is 17.8. The molecule has 0 heterocycles. The Morgan fingerprint density at radius 2 is 1.57 bits per heavy atom. The van der Waals surface area contributed by atoms with E-state index in [1.807, 2.05) is 26.0 Å².